The maximum absolute atomic E-state index is 6.79. The van der Waals surface area contributed by atoms with Gasteiger partial charge in [-0.15, -0.1) is 0 Å². The molecule has 12 rings (SSSR count). The van der Waals surface area contributed by atoms with Crippen LogP contribution >= 0.6 is 0 Å². The summed E-state index contributed by atoms with van der Waals surface area (Å²) in [4.78, 5) is 0. The van der Waals surface area contributed by atoms with Gasteiger partial charge in [-0.3, -0.25) is 0 Å². The van der Waals surface area contributed by atoms with Gasteiger partial charge in [-0.25, -0.2) is 0 Å². The normalized spacial score (nSPS) is 12.2. The summed E-state index contributed by atoms with van der Waals surface area (Å²) < 4.78 is 19.8. The number of para-hydroxylation sites is 4. The van der Waals surface area contributed by atoms with Crippen LogP contribution in [0.5, 0.6) is 0 Å². The van der Waals surface area contributed by atoms with Crippen molar-refractivity contribution in [2.75, 3.05) is 0 Å². The molecule has 3 heterocycles. The molecule has 12 aromatic rings. The van der Waals surface area contributed by atoms with Crippen molar-refractivity contribution < 1.29 is 13.3 Å². The lowest BCUT2D eigenvalue weighted by molar-refractivity contribution is 0.663. The number of fused-ring (bicyclic) bond motifs is 12. The van der Waals surface area contributed by atoms with Gasteiger partial charge in [-0.2, -0.15) is 0 Å². The van der Waals surface area contributed by atoms with E-state index < -0.39 is 0 Å². The fraction of sp³-hybridized carbons (Fsp3) is 0. The average Bonchev–Trinajstić information content (AvgIpc) is 3.91. The van der Waals surface area contributed by atoms with Gasteiger partial charge in [-0.1, -0.05) is 146 Å². The Balaban J connectivity index is 1.13. The lowest BCUT2D eigenvalue weighted by atomic mass is 9.85. The SMILES string of the molecule is c1ccc2c(c1)oc1c(-c3ccc(-c4c5ccccc5c(-c5cc6c7ccccc7oc6c6c5oc5ccccc56)c5ccccc45)cc3)cccc12. The second kappa shape index (κ2) is 10.7. The minimum atomic E-state index is 0.838. The van der Waals surface area contributed by atoms with E-state index in [1.54, 1.807) is 0 Å². The number of hydrogen-bond donors (Lipinski definition) is 0. The minimum Gasteiger partial charge on any atom is -0.455 e. The summed E-state index contributed by atoms with van der Waals surface area (Å²) in [5.41, 5.74) is 12.0. The topological polar surface area (TPSA) is 39.4 Å². The van der Waals surface area contributed by atoms with Gasteiger partial charge in [0, 0.05) is 43.6 Å². The molecule has 3 nitrogen and oxygen atoms in total. The molecule has 0 unspecified atom stereocenters. The first-order valence-corrected chi connectivity index (χ1v) is 18.0. The third kappa shape index (κ3) is 3.99. The lowest BCUT2D eigenvalue weighted by Gasteiger charge is -2.18. The lowest BCUT2D eigenvalue weighted by Crippen LogP contribution is -1.91. The van der Waals surface area contributed by atoms with Crippen LogP contribution in [0.4, 0.5) is 0 Å². The Hall–Kier alpha value is -7.10. The summed E-state index contributed by atoms with van der Waals surface area (Å²) in [5, 5.41) is 11.2. The van der Waals surface area contributed by atoms with Crippen LogP contribution in [-0.4, -0.2) is 0 Å². The minimum absolute atomic E-state index is 0.838. The first-order chi connectivity index (χ1) is 26.3. The summed E-state index contributed by atoms with van der Waals surface area (Å²) in [6, 6.07) is 60.1. The predicted molar refractivity (Wildman–Crippen MR) is 220 cm³/mol. The molecule has 0 radical (unpaired) electrons. The van der Waals surface area contributed by atoms with E-state index >= 15 is 0 Å². The molecule has 0 saturated heterocycles. The number of furan rings is 3. The van der Waals surface area contributed by atoms with E-state index in [0.717, 1.165) is 93.6 Å². The summed E-state index contributed by atoms with van der Waals surface area (Å²) in [7, 11) is 0. The average molecular weight is 677 g/mol. The Bertz CT molecular complexity index is 3390. The van der Waals surface area contributed by atoms with E-state index in [1.807, 2.05) is 36.4 Å². The molecule has 3 aromatic heterocycles. The molecule has 53 heavy (non-hydrogen) atoms. The van der Waals surface area contributed by atoms with Crippen LogP contribution in [-0.2, 0) is 0 Å². The van der Waals surface area contributed by atoms with Gasteiger partial charge in [0.2, 0.25) is 0 Å². The van der Waals surface area contributed by atoms with Gasteiger partial charge >= 0.3 is 0 Å². The first-order valence-electron chi connectivity index (χ1n) is 18.0. The Morgan fingerprint density at radius 2 is 0.717 bits per heavy atom. The zero-order valence-electron chi connectivity index (χ0n) is 28.4. The van der Waals surface area contributed by atoms with E-state index in [4.69, 9.17) is 13.3 Å². The van der Waals surface area contributed by atoms with E-state index in [-0.39, 0.29) is 0 Å². The third-order valence-electron chi connectivity index (χ3n) is 11.1. The summed E-state index contributed by atoms with van der Waals surface area (Å²) in [6.07, 6.45) is 0. The maximum atomic E-state index is 6.79. The standard InChI is InChI=1S/C50H28O3/c1-3-16-36-34(14-1)45(30-26-24-29(25-27-30)31-19-11-20-38-32-12-5-8-21-42(32)51-48(31)38)35-15-2-4-17-37(35)46(36)41-28-40-33-13-6-9-22-43(33)52-49(40)47-39-18-7-10-23-44(39)53-50(41)47/h1-28H. The van der Waals surface area contributed by atoms with Gasteiger partial charge in [0.1, 0.15) is 33.5 Å². The van der Waals surface area contributed by atoms with Crippen LogP contribution in [0.1, 0.15) is 0 Å². The zero-order valence-corrected chi connectivity index (χ0v) is 28.4. The highest BCUT2D eigenvalue weighted by atomic mass is 16.3. The Labute approximate surface area is 302 Å². The molecular weight excluding hydrogens is 649 g/mol. The molecule has 3 heteroatoms. The summed E-state index contributed by atoms with van der Waals surface area (Å²) in [6.45, 7) is 0. The molecule has 0 aliphatic heterocycles. The Morgan fingerprint density at radius 3 is 1.36 bits per heavy atom. The van der Waals surface area contributed by atoms with Gasteiger partial charge in [-0.05, 0) is 62.5 Å². The molecular formula is C50H28O3. The van der Waals surface area contributed by atoms with Crippen LogP contribution in [0.25, 0.3) is 121 Å². The van der Waals surface area contributed by atoms with E-state index in [1.165, 1.54) is 27.1 Å². The largest absolute Gasteiger partial charge is 0.455 e. The fourth-order valence-corrected chi connectivity index (χ4v) is 8.77. The van der Waals surface area contributed by atoms with E-state index in [9.17, 15) is 0 Å². The molecule has 0 N–H and O–H groups in total. The number of benzene rings is 9. The van der Waals surface area contributed by atoms with Gasteiger partial charge < -0.3 is 13.3 Å². The van der Waals surface area contributed by atoms with Gasteiger partial charge in [0.05, 0.1) is 5.39 Å². The molecule has 0 aliphatic carbocycles. The highest BCUT2D eigenvalue weighted by molar-refractivity contribution is 6.29. The smallest absolute Gasteiger partial charge is 0.147 e. The van der Waals surface area contributed by atoms with Crippen LogP contribution in [0, 0.1) is 0 Å². The number of hydrogen-bond acceptors (Lipinski definition) is 3. The van der Waals surface area contributed by atoms with E-state index in [0.29, 0.717) is 0 Å². The monoisotopic (exact) mass is 676 g/mol. The molecule has 0 spiro atoms. The first kappa shape index (κ1) is 28.6. The highest BCUT2D eigenvalue weighted by Crippen LogP contribution is 2.49. The molecule has 246 valence electrons. The van der Waals surface area contributed by atoms with E-state index in [2.05, 4.69) is 133 Å². The van der Waals surface area contributed by atoms with Crippen LogP contribution < -0.4 is 0 Å². The van der Waals surface area contributed by atoms with Crippen molar-refractivity contribution in [3.63, 3.8) is 0 Å². The summed E-state index contributed by atoms with van der Waals surface area (Å²) >= 11 is 0. The summed E-state index contributed by atoms with van der Waals surface area (Å²) in [5.74, 6) is 0. The van der Waals surface area contributed by atoms with Crippen molar-refractivity contribution >= 4 is 87.4 Å². The van der Waals surface area contributed by atoms with Crippen molar-refractivity contribution in [2.45, 2.75) is 0 Å². The molecule has 0 aliphatic rings. The van der Waals surface area contributed by atoms with Crippen molar-refractivity contribution in [1.82, 2.24) is 0 Å². The molecule has 0 atom stereocenters. The molecule has 0 saturated carbocycles. The second-order valence-electron chi connectivity index (χ2n) is 13.9. The zero-order chi connectivity index (χ0) is 34.6. The van der Waals surface area contributed by atoms with Crippen LogP contribution in [0.3, 0.4) is 0 Å². The molecule has 0 amide bonds. The van der Waals surface area contributed by atoms with Gasteiger partial charge in [0.15, 0.2) is 0 Å². The predicted octanol–water partition coefficient (Wildman–Crippen LogP) is 14.7. The van der Waals surface area contributed by atoms with Crippen molar-refractivity contribution in [2.24, 2.45) is 0 Å². The quantitative estimate of drug-likeness (QED) is 0.175. The van der Waals surface area contributed by atoms with Gasteiger partial charge in [0.25, 0.3) is 0 Å². The maximum Gasteiger partial charge on any atom is 0.147 e. The van der Waals surface area contributed by atoms with Crippen LogP contribution in [0.2, 0.25) is 0 Å². The second-order valence-corrected chi connectivity index (χ2v) is 13.9. The van der Waals surface area contributed by atoms with Crippen molar-refractivity contribution in [3.8, 4) is 33.4 Å². The Morgan fingerprint density at radius 1 is 0.264 bits per heavy atom. The van der Waals surface area contributed by atoms with Crippen molar-refractivity contribution in [1.29, 1.82) is 0 Å². The molecule has 0 bridgehead atoms. The molecule has 9 aromatic carbocycles. The Kier molecular flexibility index (Phi) is 5.77. The van der Waals surface area contributed by atoms with Crippen molar-refractivity contribution in [3.05, 3.63) is 170 Å². The highest BCUT2D eigenvalue weighted by Gasteiger charge is 2.24. The third-order valence-corrected chi connectivity index (χ3v) is 11.1. The van der Waals surface area contributed by atoms with Crippen LogP contribution in [0.15, 0.2) is 183 Å². The fourth-order valence-electron chi connectivity index (χ4n) is 8.77. The number of rotatable bonds is 3. The molecule has 0 fully saturated rings.